The molecule has 0 aliphatic carbocycles. The largest absolute Gasteiger partial charge is 0.465 e. The van der Waals surface area contributed by atoms with E-state index in [1.165, 1.54) is 6.07 Å². The van der Waals surface area contributed by atoms with Crippen molar-refractivity contribution in [2.75, 3.05) is 13.2 Å². The fraction of sp³-hybridized carbons (Fsp3) is 0.500. The molecule has 1 aromatic carbocycles. The van der Waals surface area contributed by atoms with Gasteiger partial charge < -0.3 is 10.5 Å². The van der Waals surface area contributed by atoms with Crippen LogP contribution in [0.2, 0.25) is 0 Å². The summed E-state index contributed by atoms with van der Waals surface area (Å²) >= 11 is 0. The van der Waals surface area contributed by atoms with Crippen LogP contribution in [0, 0.1) is 11.6 Å². The Balaban J connectivity index is 3.14. The first-order valence-corrected chi connectivity index (χ1v) is 6.28. The van der Waals surface area contributed by atoms with Crippen molar-refractivity contribution in [3.8, 4) is 0 Å². The molecule has 106 valence electrons. The predicted molar refractivity (Wildman–Crippen MR) is 68.6 cm³/mol. The van der Waals surface area contributed by atoms with Crippen LogP contribution in [-0.2, 0) is 14.9 Å². The quantitative estimate of drug-likeness (QED) is 0.809. The molecule has 1 rings (SSSR count). The molecule has 0 radical (unpaired) electrons. The molecule has 2 N–H and O–H groups in total. The van der Waals surface area contributed by atoms with Gasteiger partial charge in [0.2, 0.25) is 0 Å². The lowest BCUT2D eigenvalue weighted by molar-refractivity contribution is -0.149. The Kier molecular flexibility index (Phi) is 5.42. The normalized spacial score (nSPS) is 13.9. The summed E-state index contributed by atoms with van der Waals surface area (Å²) in [5.41, 5.74) is 4.85. The van der Waals surface area contributed by atoms with E-state index in [4.69, 9.17) is 10.5 Å². The molecule has 0 heterocycles. The average Bonchev–Trinajstić information content (AvgIpc) is 2.39. The number of hydrogen-bond acceptors (Lipinski definition) is 3. The van der Waals surface area contributed by atoms with Gasteiger partial charge in [0.05, 0.1) is 12.0 Å². The molecule has 3 nitrogen and oxygen atoms in total. The third kappa shape index (κ3) is 3.50. The monoisotopic (exact) mass is 271 g/mol. The zero-order valence-corrected chi connectivity index (χ0v) is 11.2. The maximum absolute atomic E-state index is 13.3. The van der Waals surface area contributed by atoms with Gasteiger partial charge >= 0.3 is 5.97 Å². The van der Waals surface area contributed by atoms with Crippen LogP contribution in [0.3, 0.4) is 0 Å². The SMILES string of the molecule is CCOC(=O)C(C)(CCCN)c1ccc(F)c(F)c1. The minimum Gasteiger partial charge on any atom is -0.465 e. The molecular formula is C14H19F2NO2. The first-order chi connectivity index (χ1) is 8.95. The highest BCUT2D eigenvalue weighted by Crippen LogP contribution is 2.31. The topological polar surface area (TPSA) is 52.3 Å². The molecule has 19 heavy (non-hydrogen) atoms. The van der Waals surface area contributed by atoms with E-state index in [0.717, 1.165) is 12.1 Å². The first-order valence-electron chi connectivity index (χ1n) is 6.28. The van der Waals surface area contributed by atoms with Gasteiger partial charge in [-0.2, -0.15) is 0 Å². The molecule has 0 saturated carbocycles. The zero-order valence-electron chi connectivity index (χ0n) is 11.2. The molecular weight excluding hydrogens is 252 g/mol. The average molecular weight is 271 g/mol. The van der Waals surface area contributed by atoms with Crippen molar-refractivity contribution in [2.45, 2.75) is 32.1 Å². The number of carbonyl (C=O) groups is 1. The smallest absolute Gasteiger partial charge is 0.316 e. The third-order valence-electron chi connectivity index (χ3n) is 3.16. The fourth-order valence-corrected chi connectivity index (χ4v) is 1.95. The highest BCUT2D eigenvalue weighted by Gasteiger charge is 2.36. The van der Waals surface area contributed by atoms with Gasteiger partial charge in [-0.1, -0.05) is 6.07 Å². The Morgan fingerprint density at radius 2 is 2.05 bits per heavy atom. The van der Waals surface area contributed by atoms with Gasteiger partial charge in [-0.25, -0.2) is 8.78 Å². The van der Waals surface area contributed by atoms with E-state index in [1.54, 1.807) is 13.8 Å². The van der Waals surface area contributed by atoms with E-state index in [2.05, 4.69) is 0 Å². The minimum absolute atomic E-state index is 0.237. The molecule has 0 aromatic heterocycles. The first kappa shape index (κ1) is 15.6. The van der Waals surface area contributed by atoms with Gasteiger partial charge in [0.1, 0.15) is 0 Å². The van der Waals surface area contributed by atoms with E-state index in [0.29, 0.717) is 24.9 Å². The van der Waals surface area contributed by atoms with E-state index >= 15 is 0 Å². The lowest BCUT2D eigenvalue weighted by Crippen LogP contribution is -2.35. The molecule has 1 unspecified atom stereocenters. The summed E-state index contributed by atoms with van der Waals surface area (Å²) in [6.45, 7) is 4.01. The van der Waals surface area contributed by atoms with Crippen molar-refractivity contribution >= 4 is 5.97 Å². The second-order valence-electron chi connectivity index (χ2n) is 4.57. The summed E-state index contributed by atoms with van der Waals surface area (Å²) in [6.07, 6.45) is 1.02. The van der Waals surface area contributed by atoms with Crippen molar-refractivity contribution in [2.24, 2.45) is 5.73 Å². The number of esters is 1. The summed E-state index contributed by atoms with van der Waals surface area (Å²) in [5, 5.41) is 0. The molecule has 0 saturated heterocycles. The summed E-state index contributed by atoms with van der Waals surface area (Å²) in [7, 11) is 0. The molecule has 0 amide bonds. The maximum Gasteiger partial charge on any atom is 0.316 e. The van der Waals surface area contributed by atoms with Gasteiger partial charge in [-0.15, -0.1) is 0 Å². The van der Waals surface area contributed by atoms with Gasteiger partial charge in [-0.3, -0.25) is 4.79 Å². The molecule has 1 aromatic rings. The summed E-state index contributed by atoms with van der Waals surface area (Å²) in [4.78, 5) is 12.1. The number of hydrogen-bond donors (Lipinski definition) is 1. The molecule has 0 fully saturated rings. The number of halogens is 2. The molecule has 5 heteroatoms. The van der Waals surface area contributed by atoms with Crippen LogP contribution in [0.5, 0.6) is 0 Å². The number of nitrogens with two attached hydrogens (primary N) is 1. The number of rotatable bonds is 6. The number of carbonyl (C=O) groups excluding carboxylic acids is 1. The fourth-order valence-electron chi connectivity index (χ4n) is 1.95. The van der Waals surface area contributed by atoms with Crippen LogP contribution in [0.25, 0.3) is 0 Å². The van der Waals surface area contributed by atoms with E-state index in [9.17, 15) is 13.6 Å². The van der Waals surface area contributed by atoms with Crippen molar-refractivity contribution in [3.63, 3.8) is 0 Å². The Hall–Kier alpha value is -1.49. The van der Waals surface area contributed by atoms with Gasteiger partial charge in [0.25, 0.3) is 0 Å². The zero-order chi connectivity index (χ0) is 14.5. The van der Waals surface area contributed by atoms with Gasteiger partial charge in [-0.05, 0) is 50.9 Å². The third-order valence-corrected chi connectivity index (χ3v) is 3.16. The Morgan fingerprint density at radius 3 is 2.58 bits per heavy atom. The molecule has 0 spiro atoms. The standard InChI is InChI=1S/C14H19F2NO2/c1-3-19-13(18)14(2,7-4-8-17)10-5-6-11(15)12(16)9-10/h5-6,9H,3-4,7-8,17H2,1-2H3. The lowest BCUT2D eigenvalue weighted by Gasteiger charge is -2.27. The van der Waals surface area contributed by atoms with Crippen LogP contribution in [-0.4, -0.2) is 19.1 Å². The van der Waals surface area contributed by atoms with Crippen molar-refractivity contribution < 1.29 is 18.3 Å². The van der Waals surface area contributed by atoms with Crippen LogP contribution < -0.4 is 5.73 Å². The van der Waals surface area contributed by atoms with Crippen LogP contribution >= 0.6 is 0 Å². The molecule has 1 atom stereocenters. The summed E-state index contributed by atoms with van der Waals surface area (Å²) in [5.74, 6) is -2.36. The second kappa shape index (κ2) is 6.61. The second-order valence-corrected chi connectivity index (χ2v) is 4.57. The predicted octanol–water partition coefficient (Wildman–Crippen LogP) is 2.52. The maximum atomic E-state index is 13.3. The summed E-state index contributed by atoms with van der Waals surface area (Å²) in [6, 6.07) is 3.47. The Labute approximate surface area is 111 Å². The number of benzene rings is 1. The van der Waals surface area contributed by atoms with E-state index in [1.807, 2.05) is 0 Å². The van der Waals surface area contributed by atoms with Crippen LogP contribution in [0.1, 0.15) is 32.3 Å². The molecule has 0 aliphatic heterocycles. The minimum atomic E-state index is -1.01. The Bertz CT molecular complexity index is 451. The van der Waals surface area contributed by atoms with E-state index < -0.39 is 23.0 Å². The Morgan fingerprint density at radius 1 is 1.37 bits per heavy atom. The molecule has 0 aliphatic rings. The van der Waals surface area contributed by atoms with Crippen molar-refractivity contribution in [1.82, 2.24) is 0 Å². The lowest BCUT2D eigenvalue weighted by atomic mass is 9.78. The molecule has 0 bridgehead atoms. The highest BCUT2D eigenvalue weighted by molar-refractivity contribution is 5.82. The highest BCUT2D eigenvalue weighted by atomic mass is 19.2. The van der Waals surface area contributed by atoms with Gasteiger partial charge in [0, 0.05) is 0 Å². The van der Waals surface area contributed by atoms with E-state index in [-0.39, 0.29) is 6.61 Å². The van der Waals surface area contributed by atoms with Crippen LogP contribution in [0.4, 0.5) is 8.78 Å². The summed E-state index contributed by atoms with van der Waals surface area (Å²) < 4.78 is 31.3. The number of ether oxygens (including phenoxy) is 1. The van der Waals surface area contributed by atoms with Crippen molar-refractivity contribution in [3.05, 3.63) is 35.4 Å². The van der Waals surface area contributed by atoms with Gasteiger partial charge in [0.15, 0.2) is 11.6 Å². The van der Waals surface area contributed by atoms with Crippen LogP contribution in [0.15, 0.2) is 18.2 Å². The van der Waals surface area contributed by atoms with Crippen molar-refractivity contribution in [1.29, 1.82) is 0 Å².